The number of ether oxygens (including phenoxy) is 3. The number of rotatable bonds is 3. The summed E-state index contributed by atoms with van der Waals surface area (Å²) in [7, 11) is 1.69. The molecule has 1 aliphatic heterocycles. The molecule has 10 radical (unpaired) electrons. The quantitative estimate of drug-likeness (QED) is 0.747. The first-order valence-corrected chi connectivity index (χ1v) is 6.54. The molecule has 1 heterocycles. The predicted octanol–water partition coefficient (Wildman–Crippen LogP) is 2.19. The zero-order chi connectivity index (χ0) is 13.3. The van der Waals surface area contributed by atoms with Crippen LogP contribution in [-0.2, 0) is 31.3 Å². The Morgan fingerprint density at radius 1 is 1.05 bits per heavy atom. The molecule has 3 nitrogen and oxygen atoms in total. The van der Waals surface area contributed by atoms with Gasteiger partial charge >= 0.3 is 17.1 Å². The first kappa shape index (κ1) is 18.4. The van der Waals surface area contributed by atoms with Gasteiger partial charge in [0.15, 0.2) is 6.29 Å². The van der Waals surface area contributed by atoms with Crippen LogP contribution in [-0.4, -0.2) is 32.7 Å². The van der Waals surface area contributed by atoms with E-state index in [1.54, 1.807) is 7.11 Å². The van der Waals surface area contributed by atoms with Crippen molar-refractivity contribution in [1.29, 1.82) is 0 Å². The maximum atomic E-state index is 5.72. The summed E-state index contributed by atoms with van der Waals surface area (Å²) in [6.07, 6.45) is 18.9. The van der Waals surface area contributed by atoms with Crippen LogP contribution in [0.3, 0.4) is 0 Å². The van der Waals surface area contributed by atoms with E-state index in [9.17, 15) is 0 Å². The van der Waals surface area contributed by atoms with Gasteiger partial charge in [-0.3, -0.25) is 0 Å². The molecular weight excluding hydrogens is 296 g/mol. The largest absolute Gasteiger partial charge is 2.00 e. The van der Waals surface area contributed by atoms with E-state index >= 15 is 0 Å². The smallest absolute Gasteiger partial charge is 0.382 e. The fraction of sp³-hybridized carbons (Fsp3) is 0.375. The Kier molecular flexibility index (Phi) is 10.2. The summed E-state index contributed by atoms with van der Waals surface area (Å²) in [5, 5.41) is 0. The number of hydrogen-bond donors (Lipinski definition) is 0. The Balaban J connectivity index is 0.000000283. The van der Waals surface area contributed by atoms with E-state index in [1.165, 1.54) is 0 Å². The van der Waals surface area contributed by atoms with Gasteiger partial charge < -0.3 is 14.2 Å². The Labute approximate surface area is 134 Å². The first-order valence-electron chi connectivity index (χ1n) is 6.54. The maximum Gasteiger partial charge on any atom is 2.00 e. The summed E-state index contributed by atoms with van der Waals surface area (Å²) in [6.45, 7) is 1.38. The third-order valence-corrected chi connectivity index (χ3v) is 2.89. The molecule has 0 amide bonds. The molecule has 0 unspecified atom stereocenters. The normalized spacial score (nSPS) is 30.4. The first-order chi connectivity index (χ1) is 9.40. The van der Waals surface area contributed by atoms with Gasteiger partial charge in [-0.1, -0.05) is 0 Å². The Bertz CT molecular complexity index is 218. The fourth-order valence-electron chi connectivity index (χ4n) is 1.94. The molecule has 108 valence electrons. The van der Waals surface area contributed by atoms with E-state index in [1.807, 2.05) is 57.8 Å². The average Bonchev–Trinajstić information content (AvgIpc) is 3.16. The average molecular weight is 316 g/mol. The zero-order valence-electron chi connectivity index (χ0n) is 11.6. The Morgan fingerprint density at radius 2 is 1.65 bits per heavy atom. The minimum atomic E-state index is -0.209. The van der Waals surface area contributed by atoms with Gasteiger partial charge in [-0.25, -0.2) is 0 Å². The van der Waals surface area contributed by atoms with Crippen LogP contribution in [0.4, 0.5) is 0 Å². The standard InChI is InChI=1S/C11H15O3.C5H5.Fe/c1-12-8-10-6-7-13-11(14-10)9-4-2-3-5-9;1-2-4-5-3-1;/h2-5,10-11H,6-8H2,1H3;1-5H;/q;;+2/t10-,11-;;/m0../s1. The van der Waals surface area contributed by atoms with Gasteiger partial charge in [-0.2, -0.15) is 0 Å². The van der Waals surface area contributed by atoms with Crippen molar-refractivity contribution in [2.45, 2.75) is 18.8 Å². The van der Waals surface area contributed by atoms with Gasteiger partial charge in [-0.15, -0.1) is 0 Å². The second-order valence-electron chi connectivity index (χ2n) is 4.39. The van der Waals surface area contributed by atoms with Gasteiger partial charge in [-0.05, 0) is 64.2 Å². The molecule has 0 aromatic carbocycles. The van der Waals surface area contributed by atoms with E-state index in [0.717, 1.165) is 18.9 Å². The van der Waals surface area contributed by atoms with E-state index in [2.05, 4.69) is 0 Å². The zero-order valence-corrected chi connectivity index (χ0v) is 12.7. The van der Waals surface area contributed by atoms with Crippen molar-refractivity contribution in [2.24, 2.45) is 0 Å². The minimum Gasteiger partial charge on any atom is -0.382 e. The van der Waals surface area contributed by atoms with Crippen molar-refractivity contribution in [1.82, 2.24) is 0 Å². The minimum absolute atomic E-state index is 0. The van der Waals surface area contributed by atoms with Crippen LogP contribution in [0.2, 0.25) is 0 Å². The van der Waals surface area contributed by atoms with Crippen LogP contribution in [0.25, 0.3) is 0 Å². The maximum absolute atomic E-state index is 5.72. The van der Waals surface area contributed by atoms with Crippen LogP contribution < -0.4 is 0 Å². The van der Waals surface area contributed by atoms with Crippen molar-refractivity contribution >= 4 is 0 Å². The second-order valence-corrected chi connectivity index (χ2v) is 4.39. The molecule has 0 aromatic rings. The molecular formula is C16H20FeO3+2. The van der Waals surface area contributed by atoms with Gasteiger partial charge in [0.2, 0.25) is 0 Å². The van der Waals surface area contributed by atoms with Crippen molar-refractivity contribution in [3.8, 4) is 0 Å². The molecule has 3 rings (SSSR count). The van der Waals surface area contributed by atoms with E-state index in [0.29, 0.717) is 6.61 Å². The monoisotopic (exact) mass is 316 g/mol. The third-order valence-electron chi connectivity index (χ3n) is 2.89. The van der Waals surface area contributed by atoms with E-state index < -0.39 is 0 Å². The van der Waals surface area contributed by atoms with Gasteiger partial charge in [0.1, 0.15) is 0 Å². The molecule has 4 heteroatoms. The van der Waals surface area contributed by atoms with Crippen LogP contribution in [0.1, 0.15) is 6.42 Å². The number of methoxy groups -OCH3 is 1. The molecule has 2 saturated carbocycles. The SMILES string of the molecule is COC[C@@H]1CCO[C@H]([C]2[CH][CH][CH][CH]2)O1.[CH]1[CH][CH][CH][CH]1.[Fe+2]. The fourth-order valence-corrected chi connectivity index (χ4v) is 1.94. The van der Waals surface area contributed by atoms with E-state index in [4.69, 9.17) is 14.2 Å². The van der Waals surface area contributed by atoms with Crippen LogP contribution in [0.5, 0.6) is 0 Å². The summed E-state index contributed by atoms with van der Waals surface area (Å²) in [4.78, 5) is 0. The van der Waals surface area contributed by atoms with Gasteiger partial charge in [0.05, 0.1) is 19.3 Å². The Hall–Kier alpha value is 0.399. The molecule has 2 atom stereocenters. The summed E-state index contributed by atoms with van der Waals surface area (Å²) in [5.74, 6) is 1.09. The Morgan fingerprint density at radius 3 is 2.20 bits per heavy atom. The van der Waals surface area contributed by atoms with Gasteiger partial charge in [0, 0.05) is 13.0 Å². The molecule has 0 N–H and O–H groups in total. The molecule has 0 bridgehead atoms. The molecule has 0 spiro atoms. The summed E-state index contributed by atoms with van der Waals surface area (Å²) < 4.78 is 16.3. The van der Waals surface area contributed by atoms with Crippen LogP contribution in [0, 0.1) is 63.7 Å². The van der Waals surface area contributed by atoms with Crippen molar-refractivity contribution in [2.75, 3.05) is 20.3 Å². The van der Waals surface area contributed by atoms with Crippen molar-refractivity contribution in [3.63, 3.8) is 0 Å². The topological polar surface area (TPSA) is 27.7 Å². The predicted molar refractivity (Wildman–Crippen MR) is 73.0 cm³/mol. The molecule has 3 aliphatic rings. The van der Waals surface area contributed by atoms with Gasteiger partial charge in [0.25, 0.3) is 0 Å². The molecule has 20 heavy (non-hydrogen) atoms. The molecule has 0 aromatic heterocycles. The molecule has 2 aliphatic carbocycles. The number of hydrogen-bond acceptors (Lipinski definition) is 3. The van der Waals surface area contributed by atoms with Crippen molar-refractivity contribution in [3.05, 3.63) is 63.7 Å². The third kappa shape index (κ3) is 6.44. The second kappa shape index (κ2) is 11.0. The van der Waals surface area contributed by atoms with Crippen molar-refractivity contribution < 1.29 is 31.3 Å². The summed E-state index contributed by atoms with van der Waals surface area (Å²) in [6, 6.07) is 0. The van der Waals surface area contributed by atoms with Crippen LogP contribution in [0.15, 0.2) is 0 Å². The molecule has 3 fully saturated rings. The molecule has 1 saturated heterocycles. The van der Waals surface area contributed by atoms with E-state index in [-0.39, 0.29) is 29.5 Å². The summed E-state index contributed by atoms with van der Waals surface area (Å²) in [5.41, 5.74) is 0. The van der Waals surface area contributed by atoms with Crippen LogP contribution >= 0.6 is 0 Å². The summed E-state index contributed by atoms with van der Waals surface area (Å²) >= 11 is 0.